The van der Waals surface area contributed by atoms with E-state index in [1.54, 1.807) is 0 Å². The molecular weight excluding hydrogens is 607 g/mol. The maximum absolute atomic E-state index is 5.27. The van der Waals surface area contributed by atoms with Gasteiger partial charge >= 0.3 is 0 Å². The molecule has 0 spiro atoms. The van der Waals surface area contributed by atoms with Crippen LogP contribution in [0.1, 0.15) is 5.82 Å². The quantitative estimate of drug-likeness (QED) is 0.157. The highest BCUT2D eigenvalue weighted by Crippen LogP contribution is 2.46. The Hall–Kier alpha value is -4.93. The van der Waals surface area contributed by atoms with E-state index in [9.17, 15) is 0 Å². The fourth-order valence-corrected chi connectivity index (χ4v) is 8.56. The average molecular weight is 640 g/mol. The van der Waals surface area contributed by atoms with E-state index in [0.29, 0.717) is 0 Å². The molecule has 49 heavy (non-hydrogen) atoms. The number of imidazole rings is 1. The van der Waals surface area contributed by atoms with Gasteiger partial charge < -0.3 is 0 Å². The summed E-state index contributed by atoms with van der Waals surface area (Å²) in [6.45, 7) is 0. The molecule has 2 nitrogen and oxygen atoms in total. The van der Waals surface area contributed by atoms with Crippen molar-refractivity contribution < 1.29 is 0 Å². The van der Waals surface area contributed by atoms with E-state index in [-0.39, 0.29) is 10.3 Å². The van der Waals surface area contributed by atoms with Crippen molar-refractivity contribution >= 4 is 103 Å². The summed E-state index contributed by atoms with van der Waals surface area (Å²) in [6, 6.07) is 51.3. The molecule has 0 radical (unpaired) electrons. The molecule has 0 fully saturated rings. The minimum Gasteiger partial charge on any atom is -0.297 e. The number of fused-ring (bicyclic) bond motifs is 6. The van der Waals surface area contributed by atoms with Crippen LogP contribution in [0.4, 0.5) is 0 Å². The van der Waals surface area contributed by atoms with E-state index >= 15 is 0 Å². The Morgan fingerprint density at radius 2 is 1.04 bits per heavy atom. The van der Waals surface area contributed by atoms with E-state index in [1.807, 2.05) is 11.3 Å². The first-order chi connectivity index (χ1) is 23.7. The number of hydrogen-bond acceptors (Lipinski definition) is 2. The van der Waals surface area contributed by atoms with Gasteiger partial charge in [0.2, 0.25) is 0 Å². The van der Waals surface area contributed by atoms with Crippen LogP contribution < -0.4 is 0 Å². The molecule has 0 aliphatic carbocycles. The first-order valence-electron chi connectivity index (χ1n) is 17.1. The first kappa shape index (κ1) is 30.2. The number of aromatic nitrogens is 2. The van der Waals surface area contributed by atoms with Crippen LogP contribution in [0, 0.1) is 0 Å². The minimum absolute atomic E-state index is 0.00426. The number of thiophene rings is 1. The molecule has 9 aromatic rings. The van der Waals surface area contributed by atoms with Gasteiger partial charge in [-0.25, -0.2) is 4.98 Å². The van der Waals surface area contributed by atoms with Crippen molar-refractivity contribution in [1.29, 1.82) is 0 Å². The Morgan fingerprint density at radius 3 is 1.69 bits per heavy atom. The molecule has 0 aliphatic rings. The Bertz CT molecular complexity index is 2700. The van der Waals surface area contributed by atoms with Crippen molar-refractivity contribution in [3.63, 3.8) is 0 Å². The summed E-state index contributed by atoms with van der Waals surface area (Å²) >= 11 is 1.87. The predicted octanol–water partition coefficient (Wildman–Crippen LogP) is 6.43. The lowest BCUT2D eigenvalue weighted by atomic mass is 9.23. The third kappa shape index (κ3) is 4.65. The van der Waals surface area contributed by atoms with Gasteiger partial charge in [-0.05, 0) is 91.5 Å². The Labute approximate surface area is 295 Å². The van der Waals surface area contributed by atoms with E-state index in [0.717, 1.165) is 22.5 Å². The SMILES string of the molecule is BC(B)(B)C(B)(B)c1nc2ccccc2n1-c1cccc(-c2c3ccccc3c(-c3ccc4sc5ccccc5c4c3)c3ccccc23)c1. The molecule has 0 bridgehead atoms. The second kappa shape index (κ2) is 11.0. The Morgan fingerprint density at radius 1 is 0.490 bits per heavy atom. The topological polar surface area (TPSA) is 17.8 Å². The van der Waals surface area contributed by atoms with Crippen LogP contribution in [-0.4, -0.2) is 48.8 Å². The van der Waals surface area contributed by atoms with Crippen LogP contribution in [0.25, 0.3) is 80.7 Å². The molecule has 2 aromatic heterocycles. The fraction of sp³-hybridized carbons (Fsp3) is 0.0488. The molecule has 0 amide bonds. The molecule has 0 aliphatic heterocycles. The number of hydrogen-bond donors (Lipinski definition) is 0. The van der Waals surface area contributed by atoms with Crippen LogP contribution in [0.5, 0.6) is 0 Å². The van der Waals surface area contributed by atoms with Crippen LogP contribution in [0.15, 0.2) is 140 Å². The summed E-state index contributed by atoms with van der Waals surface area (Å²) in [5.41, 5.74) is 8.29. The van der Waals surface area contributed by atoms with Crippen molar-refractivity contribution in [2.24, 2.45) is 0 Å². The second-order valence-corrected chi connectivity index (χ2v) is 15.9. The molecule has 7 aromatic carbocycles. The van der Waals surface area contributed by atoms with E-state index in [1.165, 1.54) is 64.0 Å². The van der Waals surface area contributed by atoms with Crippen molar-refractivity contribution in [1.82, 2.24) is 9.55 Å². The zero-order valence-electron chi connectivity index (χ0n) is 28.6. The van der Waals surface area contributed by atoms with Crippen LogP contribution in [0.3, 0.4) is 0 Å². The fourth-order valence-electron chi connectivity index (χ4n) is 7.47. The number of benzene rings is 7. The third-order valence-electron chi connectivity index (χ3n) is 11.0. The summed E-state index contributed by atoms with van der Waals surface area (Å²) in [6.07, 6.45) is 0. The average Bonchev–Trinajstić information content (AvgIpc) is 3.69. The smallest absolute Gasteiger partial charge is 0.106 e. The van der Waals surface area contributed by atoms with Crippen molar-refractivity contribution in [2.45, 2.75) is 10.3 Å². The van der Waals surface area contributed by atoms with Gasteiger partial charge in [0.25, 0.3) is 0 Å². The lowest BCUT2D eigenvalue weighted by molar-refractivity contribution is 0.757. The molecule has 0 unspecified atom stereocenters. The van der Waals surface area contributed by atoms with Crippen molar-refractivity contribution in [3.05, 3.63) is 145 Å². The number of nitrogens with zero attached hydrogens (tertiary/aromatic N) is 2. The Balaban J connectivity index is 1.31. The summed E-state index contributed by atoms with van der Waals surface area (Å²) < 4.78 is 5.05. The highest BCUT2D eigenvalue weighted by molar-refractivity contribution is 7.25. The molecule has 0 N–H and O–H groups in total. The lowest BCUT2D eigenvalue weighted by Gasteiger charge is -2.39. The van der Waals surface area contributed by atoms with Gasteiger partial charge in [-0.1, -0.05) is 97.1 Å². The summed E-state index contributed by atoms with van der Waals surface area (Å²) in [5.74, 6) is 1.08. The minimum atomic E-state index is -0.183. The molecule has 2 heterocycles. The zero-order valence-corrected chi connectivity index (χ0v) is 29.4. The largest absolute Gasteiger partial charge is 0.297 e. The molecule has 228 valence electrons. The number of para-hydroxylation sites is 2. The third-order valence-corrected chi connectivity index (χ3v) is 12.1. The van der Waals surface area contributed by atoms with Gasteiger partial charge in [-0.15, -0.1) is 16.4 Å². The Kier molecular flexibility index (Phi) is 6.80. The highest BCUT2D eigenvalue weighted by atomic mass is 32.1. The first-order valence-corrected chi connectivity index (χ1v) is 18.0. The molecular formula is C41H33B5N2S. The standard InChI is InChI=1S/C41H33B5N2S/c42-40(43,41(44,45)46)39-47-33-17-6-7-18-34(33)48(39)26-11-9-10-24(22-26)37-28-13-1-3-15-30(28)38(31-16-4-2-14-29(31)37)25-20-21-36-32(23-25)27-12-5-8-19-35(27)49-36/h1-23H,42-46H2. The second-order valence-electron chi connectivity index (χ2n) is 14.8. The van der Waals surface area contributed by atoms with Gasteiger partial charge in [0.1, 0.15) is 21.5 Å². The van der Waals surface area contributed by atoms with Gasteiger partial charge in [-0.2, -0.15) is 0 Å². The molecule has 0 atom stereocenters. The highest BCUT2D eigenvalue weighted by Gasteiger charge is 2.38. The van der Waals surface area contributed by atoms with Gasteiger partial charge in [0.05, 0.1) is 34.6 Å². The van der Waals surface area contributed by atoms with Gasteiger partial charge in [-0.3, -0.25) is 4.57 Å². The molecule has 0 saturated heterocycles. The van der Waals surface area contributed by atoms with Gasteiger partial charge in [0, 0.05) is 25.9 Å². The lowest BCUT2D eigenvalue weighted by Crippen LogP contribution is -2.45. The summed E-state index contributed by atoms with van der Waals surface area (Å²) in [5, 5.41) is 7.52. The predicted molar refractivity (Wildman–Crippen MR) is 227 cm³/mol. The van der Waals surface area contributed by atoms with Gasteiger partial charge in [0.15, 0.2) is 0 Å². The van der Waals surface area contributed by atoms with E-state index in [4.69, 9.17) is 4.98 Å². The normalized spacial score (nSPS) is 12.5. The van der Waals surface area contributed by atoms with E-state index in [2.05, 4.69) is 183 Å². The van der Waals surface area contributed by atoms with Crippen molar-refractivity contribution in [3.8, 4) is 27.9 Å². The molecule has 8 heteroatoms. The summed E-state index contributed by atoms with van der Waals surface area (Å²) in [4.78, 5) is 5.27. The monoisotopic (exact) mass is 640 g/mol. The zero-order chi connectivity index (χ0) is 33.5. The number of rotatable bonds is 5. The maximum atomic E-state index is 5.27. The molecule has 9 rings (SSSR count). The van der Waals surface area contributed by atoms with Crippen LogP contribution >= 0.6 is 11.3 Å². The van der Waals surface area contributed by atoms with Crippen LogP contribution in [0.2, 0.25) is 5.11 Å². The van der Waals surface area contributed by atoms with Crippen molar-refractivity contribution in [2.75, 3.05) is 0 Å². The summed E-state index contributed by atoms with van der Waals surface area (Å²) in [7, 11) is 11.6. The molecule has 0 saturated carbocycles. The van der Waals surface area contributed by atoms with E-state index < -0.39 is 0 Å². The van der Waals surface area contributed by atoms with Crippen LogP contribution in [-0.2, 0) is 5.21 Å². The maximum Gasteiger partial charge on any atom is 0.106 e.